The summed E-state index contributed by atoms with van der Waals surface area (Å²) < 4.78 is 20.7. The van der Waals surface area contributed by atoms with Gasteiger partial charge in [0.1, 0.15) is 5.00 Å². The van der Waals surface area contributed by atoms with Crippen LogP contribution in [0.5, 0.6) is 11.5 Å². The third-order valence-electron chi connectivity index (χ3n) is 4.68. The molecule has 1 heterocycles. The zero-order valence-electron chi connectivity index (χ0n) is 17.5. The molecule has 3 rings (SSSR count). The second kappa shape index (κ2) is 10.8. The standard InChI is InChI=1S/C22H25NO7S/c1-3-28-22(26)20-14-8-4-7-11-17(14)31-21(20)23-18(24)12-30-19(25)13-29-16-10-6-5-9-15(16)27-2/h5-6,9-10H,3-4,7-8,11-13H2,1-2H3,(H,23,24). The van der Waals surface area contributed by atoms with Gasteiger partial charge < -0.3 is 24.3 Å². The number of hydrogen-bond acceptors (Lipinski definition) is 8. The van der Waals surface area contributed by atoms with Crippen molar-refractivity contribution in [2.24, 2.45) is 0 Å². The molecule has 0 aliphatic heterocycles. The van der Waals surface area contributed by atoms with Crippen molar-refractivity contribution in [1.29, 1.82) is 0 Å². The minimum Gasteiger partial charge on any atom is -0.493 e. The zero-order chi connectivity index (χ0) is 22.2. The third kappa shape index (κ3) is 5.75. The molecule has 0 atom stereocenters. The predicted molar refractivity (Wildman–Crippen MR) is 115 cm³/mol. The van der Waals surface area contributed by atoms with Crippen LogP contribution < -0.4 is 14.8 Å². The van der Waals surface area contributed by atoms with Crippen LogP contribution in [0.2, 0.25) is 0 Å². The molecule has 31 heavy (non-hydrogen) atoms. The number of anilines is 1. The molecule has 0 saturated carbocycles. The van der Waals surface area contributed by atoms with E-state index < -0.39 is 24.5 Å². The number of carbonyl (C=O) groups excluding carboxylic acids is 3. The van der Waals surface area contributed by atoms with Crippen LogP contribution in [0.3, 0.4) is 0 Å². The molecule has 0 spiro atoms. The third-order valence-corrected chi connectivity index (χ3v) is 5.89. The van der Waals surface area contributed by atoms with Crippen molar-refractivity contribution in [3.63, 3.8) is 0 Å². The highest BCUT2D eigenvalue weighted by Gasteiger charge is 2.27. The van der Waals surface area contributed by atoms with E-state index in [1.54, 1.807) is 31.2 Å². The number of aryl methyl sites for hydroxylation is 1. The normalized spacial score (nSPS) is 12.5. The maximum atomic E-state index is 12.4. The Labute approximate surface area is 184 Å². The lowest BCUT2D eigenvalue weighted by molar-refractivity contribution is -0.149. The van der Waals surface area contributed by atoms with Crippen molar-refractivity contribution >= 4 is 34.2 Å². The van der Waals surface area contributed by atoms with Crippen LogP contribution in [-0.2, 0) is 31.9 Å². The number of nitrogens with one attached hydrogen (secondary N) is 1. The van der Waals surface area contributed by atoms with E-state index in [-0.39, 0.29) is 13.2 Å². The molecular weight excluding hydrogens is 422 g/mol. The van der Waals surface area contributed by atoms with Crippen LogP contribution in [0.25, 0.3) is 0 Å². The molecule has 0 radical (unpaired) electrons. The van der Waals surface area contributed by atoms with E-state index in [4.69, 9.17) is 18.9 Å². The Hall–Kier alpha value is -3.07. The minimum atomic E-state index is -0.697. The number of methoxy groups -OCH3 is 1. The second-order valence-corrected chi connectivity index (χ2v) is 7.89. The first kappa shape index (κ1) is 22.6. The molecule has 1 aliphatic rings. The molecule has 1 N–H and O–H groups in total. The van der Waals surface area contributed by atoms with Crippen molar-refractivity contribution in [2.45, 2.75) is 32.6 Å². The summed E-state index contributed by atoms with van der Waals surface area (Å²) >= 11 is 1.38. The Morgan fingerprint density at radius 3 is 2.52 bits per heavy atom. The fraction of sp³-hybridized carbons (Fsp3) is 0.409. The summed E-state index contributed by atoms with van der Waals surface area (Å²) in [6, 6.07) is 6.89. The quantitative estimate of drug-likeness (QED) is 0.588. The number of para-hydroxylation sites is 2. The van der Waals surface area contributed by atoms with Crippen molar-refractivity contribution < 1.29 is 33.3 Å². The summed E-state index contributed by atoms with van der Waals surface area (Å²) in [5.41, 5.74) is 1.37. The Morgan fingerprint density at radius 1 is 1.03 bits per heavy atom. The molecule has 0 fully saturated rings. The first-order chi connectivity index (χ1) is 15.0. The summed E-state index contributed by atoms with van der Waals surface area (Å²) in [6.07, 6.45) is 3.70. The van der Waals surface area contributed by atoms with Gasteiger partial charge >= 0.3 is 11.9 Å². The van der Waals surface area contributed by atoms with E-state index in [0.29, 0.717) is 22.1 Å². The Kier molecular flexibility index (Phi) is 7.88. The number of amides is 1. The monoisotopic (exact) mass is 447 g/mol. The van der Waals surface area contributed by atoms with Gasteiger partial charge in [-0.3, -0.25) is 4.79 Å². The van der Waals surface area contributed by atoms with Gasteiger partial charge in [0, 0.05) is 4.88 Å². The van der Waals surface area contributed by atoms with E-state index in [2.05, 4.69) is 5.32 Å². The van der Waals surface area contributed by atoms with E-state index >= 15 is 0 Å². The van der Waals surface area contributed by atoms with Crippen LogP contribution >= 0.6 is 11.3 Å². The van der Waals surface area contributed by atoms with Gasteiger partial charge in [0.05, 0.1) is 19.3 Å². The Balaban J connectivity index is 1.56. The molecule has 1 amide bonds. The summed E-state index contributed by atoms with van der Waals surface area (Å²) in [6.45, 7) is 1.14. The minimum absolute atomic E-state index is 0.251. The molecule has 8 nitrogen and oxygen atoms in total. The highest BCUT2D eigenvalue weighted by molar-refractivity contribution is 7.17. The smallest absolute Gasteiger partial charge is 0.344 e. The lowest BCUT2D eigenvalue weighted by Gasteiger charge is -2.12. The van der Waals surface area contributed by atoms with Gasteiger partial charge in [0.25, 0.3) is 5.91 Å². The van der Waals surface area contributed by atoms with E-state index in [0.717, 1.165) is 36.1 Å². The second-order valence-electron chi connectivity index (χ2n) is 6.78. The summed E-state index contributed by atoms with van der Waals surface area (Å²) in [5.74, 6) is -0.790. The highest BCUT2D eigenvalue weighted by Crippen LogP contribution is 2.38. The molecule has 166 valence electrons. The topological polar surface area (TPSA) is 100 Å². The molecule has 0 saturated heterocycles. The maximum absolute atomic E-state index is 12.4. The molecule has 2 aromatic rings. The number of hydrogen-bond donors (Lipinski definition) is 1. The number of carbonyl (C=O) groups is 3. The number of benzene rings is 1. The Bertz CT molecular complexity index is 953. The van der Waals surface area contributed by atoms with Gasteiger partial charge in [-0.1, -0.05) is 12.1 Å². The average molecular weight is 448 g/mol. The largest absolute Gasteiger partial charge is 0.493 e. The van der Waals surface area contributed by atoms with Crippen LogP contribution in [0.15, 0.2) is 24.3 Å². The number of thiophene rings is 1. The predicted octanol–water partition coefficient (Wildman–Crippen LogP) is 3.37. The number of rotatable bonds is 9. The summed E-state index contributed by atoms with van der Waals surface area (Å²) in [4.78, 5) is 37.8. The van der Waals surface area contributed by atoms with Gasteiger partial charge in [-0.2, -0.15) is 0 Å². The molecule has 1 aliphatic carbocycles. The molecule has 0 bridgehead atoms. The fourth-order valence-corrected chi connectivity index (χ4v) is 4.59. The highest BCUT2D eigenvalue weighted by atomic mass is 32.1. The number of fused-ring (bicyclic) bond motifs is 1. The molecule has 1 aromatic heterocycles. The lowest BCUT2D eigenvalue weighted by atomic mass is 9.95. The fourth-order valence-electron chi connectivity index (χ4n) is 3.30. The number of esters is 2. The zero-order valence-corrected chi connectivity index (χ0v) is 18.3. The molecule has 9 heteroatoms. The molecule has 0 unspecified atom stereocenters. The summed E-state index contributed by atoms with van der Waals surface area (Å²) in [7, 11) is 1.50. The van der Waals surface area contributed by atoms with Crippen molar-refractivity contribution in [3.05, 3.63) is 40.3 Å². The van der Waals surface area contributed by atoms with Gasteiger partial charge in [-0.15, -0.1) is 11.3 Å². The van der Waals surface area contributed by atoms with Crippen LogP contribution in [-0.4, -0.2) is 44.8 Å². The SMILES string of the molecule is CCOC(=O)c1c(NC(=O)COC(=O)COc2ccccc2OC)sc2c1CCCC2. The van der Waals surface area contributed by atoms with Crippen molar-refractivity contribution in [1.82, 2.24) is 0 Å². The van der Waals surface area contributed by atoms with Crippen LogP contribution in [0, 0.1) is 0 Å². The number of ether oxygens (including phenoxy) is 4. The van der Waals surface area contributed by atoms with E-state index in [1.807, 2.05) is 0 Å². The maximum Gasteiger partial charge on any atom is 0.344 e. The molecule has 1 aromatic carbocycles. The van der Waals surface area contributed by atoms with Crippen molar-refractivity contribution in [3.8, 4) is 11.5 Å². The average Bonchev–Trinajstić information content (AvgIpc) is 3.14. The van der Waals surface area contributed by atoms with Gasteiger partial charge in [-0.05, 0) is 50.3 Å². The van der Waals surface area contributed by atoms with Gasteiger partial charge in [0.2, 0.25) is 0 Å². The van der Waals surface area contributed by atoms with E-state index in [1.165, 1.54) is 18.4 Å². The first-order valence-corrected chi connectivity index (χ1v) is 10.9. The van der Waals surface area contributed by atoms with Crippen molar-refractivity contribution in [2.75, 3.05) is 32.2 Å². The first-order valence-electron chi connectivity index (χ1n) is 10.1. The summed E-state index contributed by atoms with van der Waals surface area (Å²) in [5, 5.41) is 3.14. The Morgan fingerprint density at radius 2 is 1.77 bits per heavy atom. The van der Waals surface area contributed by atoms with Crippen LogP contribution in [0.4, 0.5) is 5.00 Å². The van der Waals surface area contributed by atoms with Gasteiger partial charge in [-0.25, -0.2) is 9.59 Å². The van der Waals surface area contributed by atoms with Crippen LogP contribution in [0.1, 0.15) is 40.6 Å². The van der Waals surface area contributed by atoms with E-state index in [9.17, 15) is 14.4 Å². The molecular formula is C22H25NO7S. The van der Waals surface area contributed by atoms with Gasteiger partial charge in [0.15, 0.2) is 24.7 Å². The lowest BCUT2D eigenvalue weighted by Crippen LogP contribution is -2.24.